The summed E-state index contributed by atoms with van der Waals surface area (Å²) < 4.78 is 0. The van der Waals surface area contributed by atoms with Gasteiger partial charge in [-0.05, 0) is 49.1 Å². The van der Waals surface area contributed by atoms with Crippen molar-refractivity contribution in [2.75, 3.05) is 30.3 Å². The molecule has 3 rings (SSSR count). The zero-order valence-corrected chi connectivity index (χ0v) is 16.4. The number of rotatable bonds is 5. The molecule has 128 valence electrons. The first-order valence-electron chi connectivity index (χ1n) is 7.53. The van der Waals surface area contributed by atoms with Crippen LogP contribution >= 0.6 is 11.8 Å². The highest BCUT2D eigenvalue weighted by Crippen LogP contribution is 2.25. The largest absolute Gasteiger partial charge is 0.506 e. The van der Waals surface area contributed by atoms with E-state index in [0.29, 0.717) is 5.69 Å². The van der Waals surface area contributed by atoms with Crippen molar-refractivity contribution >= 4 is 41.7 Å². The van der Waals surface area contributed by atoms with E-state index >= 15 is 0 Å². The van der Waals surface area contributed by atoms with Crippen LogP contribution in [0.4, 0.5) is 0 Å². The first-order chi connectivity index (χ1) is 11.6. The molecule has 0 aliphatic heterocycles. The van der Waals surface area contributed by atoms with Crippen LogP contribution in [0.15, 0.2) is 47.4 Å². The lowest BCUT2D eigenvalue weighted by Gasteiger charge is -2.14. The molecule has 0 aliphatic carbocycles. The molecule has 0 spiro atoms. The normalized spacial score (nSPS) is 12.8. The van der Waals surface area contributed by atoms with Gasteiger partial charge in [0, 0.05) is 16.4 Å². The Morgan fingerprint density at radius 3 is 2.29 bits per heavy atom. The molecule has 4 nitrogen and oxygen atoms in total. The van der Waals surface area contributed by atoms with E-state index in [0.717, 1.165) is 22.5 Å². The van der Waals surface area contributed by atoms with Crippen LogP contribution in [0.3, 0.4) is 0 Å². The summed E-state index contributed by atoms with van der Waals surface area (Å²) in [6.07, 6.45) is 6.69. The second-order valence-corrected chi connectivity index (χ2v) is 12.7. The number of phenols is 1. The van der Waals surface area contributed by atoms with Crippen molar-refractivity contribution in [3.05, 3.63) is 42.5 Å². The van der Waals surface area contributed by atoms with E-state index in [9.17, 15) is 5.11 Å². The summed E-state index contributed by atoms with van der Waals surface area (Å²) in [6, 6.07) is 13.6. The van der Waals surface area contributed by atoms with Gasteiger partial charge in [-0.3, -0.25) is 0 Å². The molecule has 2 aromatic carbocycles. The molecular formula is C17H21N3OS3. The Morgan fingerprint density at radius 2 is 1.75 bits per heavy atom. The molecule has 0 radical (unpaired) electrons. The predicted octanol–water partition coefficient (Wildman–Crippen LogP) is 3.26. The van der Waals surface area contributed by atoms with Crippen LogP contribution < -0.4 is 0 Å². The van der Waals surface area contributed by atoms with Gasteiger partial charge in [0.15, 0.2) is 0 Å². The Bertz CT molecular complexity index is 868. The van der Waals surface area contributed by atoms with Gasteiger partial charge in [-0.1, -0.05) is 12.1 Å². The standard InChI is InChI=1S/C17H21N3OS3/c1-22-10-11-24(23(2)3)13-8-9-16(17(21)12-13)20-18-14-6-4-5-7-15(14)19-20/h4-9,12,21H,10-11H2,1-3H3. The number of nitrogens with zero attached hydrogens (tertiary/aromatic N) is 3. The number of thioether (sulfide) groups is 1. The highest BCUT2D eigenvalue weighted by Gasteiger charge is 2.11. The van der Waals surface area contributed by atoms with Gasteiger partial charge in [-0.25, -0.2) is 0 Å². The van der Waals surface area contributed by atoms with Gasteiger partial charge >= 0.3 is 0 Å². The minimum Gasteiger partial charge on any atom is -0.506 e. The van der Waals surface area contributed by atoms with Gasteiger partial charge in [0.2, 0.25) is 0 Å². The summed E-state index contributed by atoms with van der Waals surface area (Å²) in [7, 11) is 0.455. The van der Waals surface area contributed by atoms with E-state index in [2.05, 4.69) is 35.0 Å². The Balaban J connectivity index is 1.99. The molecule has 0 saturated carbocycles. The molecule has 0 amide bonds. The van der Waals surface area contributed by atoms with Gasteiger partial charge in [0.25, 0.3) is 0 Å². The Morgan fingerprint density at radius 1 is 1.08 bits per heavy atom. The van der Waals surface area contributed by atoms with Gasteiger partial charge < -0.3 is 5.11 Å². The van der Waals surface area contributed by atoms with Crippen molar-refractivity contribution in [3.8, 4) is 11.4 Å². The lowest BCUT2D eigenvalue weighted by atomic mass is 10.3. The molecule has 24 heavy (non-hydrogen) atoms. The number of fused-ring (bicyclic) bond motifs is 1. The molecule has 0 saturated heterocycles. The number of aromatic nitrogens is 3. The van der Waals surface area contributed by atoms with Crippen LogP contribution in [0.1, 0.15) is 0 Å². The third-order valence-corrected chi connectivity index (χ3v) is 10.1. The number of phenolic OH excluding ortho intramolecular Hbond substituents is 1. The van der Waals surface area contributed by atoms with Crippen LogP contribution in [0.25, 0.3) is 16.7 Å². The van der Waals surface area contributed by atoms with Gasteiger partial charge in [-0.2, -0.15) is 21.2 Å². The molecule has 1 unspecified atom stereocenters. The summed E-state index contributed by atoms with van der Waals surface area (Å²) in [4.78, 5) is 2.73. The average molecular weight is 380 g/mol. The van der Waals surface area contributed by atoms with Crippen molar-refractivity contribution in [2.24, 2.45) is 0 Å². The first-order valence-corrected chi connectivity index (χ1v) is 12.9. The maximum Gasteiger partial charge on any atom is 0.144 e. The molecule has 0 bridgehead atoms. The third-order valence-electron chi connectivity index (χ3n) is 3.59. The molecular weight excluding hydrogens is 358 g/mol. The molecule has 3 aromatic rings. The maximum absolute atomic E-state index is 10.5. The molecule has 1 aromatic heterocycles. The number of hydrogen-bond acceptors (Lipinski definition) is 4. The van der Waals surface area contributed by atoms with Crippen molar-refractivity contribution in [2.45, 2.75) is 4.90 Å². The zero-order valence-electron chi connectivity index (χ0n) is 14.0. The quantitative estimate of drug-likeness (QED) is 0.739. The monoisotopic (exact) mass is 379 g/mol. The fraction of sp³-hybridized carbons (Fsp3) is 0.294. The van der Waals surface area contributed by atoms with Gasteiger partial charge in [-0.15, -0.1) is 24.4 Å². The molecule has 1 atom stereocenters. The van der Waals surface area contributed by atoms with E-state index in [4.69, 9.17) is 0 Å². The summed E-state index contributed by atoms with van der Waals surface area (Å²) in [6.45, 7) is 0. The second kappa shape index (κ2) is 7.72. The van der Waals surface area contributed by atoms with Gasteiger partial charge in [0.05, 0.1) is 0 Å². The summed E-state index contributed by atoms with van der Waals surface area (Å²) in [5, 5.41) is 19.4. The third kappa shape index (κ3) is 3.68. The molecule has 0 fully saturated rings. The summed E-state index contributed by atoms with van der Waals surface area (Å²) in [5.41, 5.74) is 2.27. The SMILES string of the molecule is CSCCS(c1ccc(-n2nc3ccccc3n2)c(O)c1)=S(C)C. The fourth-order valence-corrected chi connectivity index (χ4v) is 8.18. The maximum atomic E-state index is 10.5. The molecule has 7 heteroatoms. The lowest BCUT2D eigenvalue weighted by Crippen LogP contribution is -2.07. The molecule has 1 heterocycles. The molecule has 0 aliphatic rings. The topological polar surface area (TPSA) is 50.9 Å². The van der Waals surface area contributed by atoms with Crippen LogP contribution in [0.2, 0.25) is 0 Å². The smallest absolute Gasteiger partial charge is 0.144 e. The van der Waals surface area contributed by atoms with Crippen molar-refractivity contribution < 1.29 is 5.11 Å². The Kier molecular flexibility index (Phi) is 5.63. The number of benzene rings is 2. The number of aromatic hydroxyl groups is 1. The van der Waals surface area contributed by atoms with E-state index in [1.165, 1.54) is 9.69 Å². The highest BCUT2D eigenvalue weighted by molar-refractivity contribution is 8.43. The van der Waals surface area contributed by atoms with Crippen LogP contribution in [-0.2, 0) is 18.9 Å². The van der Waals surface area contributed by atoms with Crippen LogP contribution in [-0.4, -0.2) is 50.4 Å². The van der Waals surface area contributed by atoms with E-state index < -0.39 is 0 Å². The highest BCUT2D eigenvalue weighted by atomic mass is 32.9. The van der Waals surface area contributed by atoms with E-state index in [1.54, 1.807) is 0 Å². The molecule has 1 N–H and O–H groups in total. The average Bonchev–Trinajstić information content (AvgIpc) is 2.98. The van der Waals surface area contributed by atoms with E-state index in [1.807, 2.05) is 48.2 Å². The number of hydrogen-bond donors (Lipinski definition) is 1. The van der Waals surface area contributed by atoms with E-state index in [-0.39, 0.29) is 24.7 Å². The minimum absolute atomic E-state index is 0.168. The predicted molar refractivity (Wildman–Crippen MR) is 109 cm³/mol. The Hall–Kier alpha value is -1.31. The Labute approximate surface area is 150 Å². The minimum atomic E-state index is 0.168. The van der Waals surface area contributed by atoms with Crippen LogP contribution in [0, 0.1) is 0 Å². The van der Waals surface area contributed by atoms with Crippen molar-refractivity contribution in [1.82, 2.24) is 15.0 Å². The van der Waals surface area contributed by atoms with Crippen LogP contribution in [0.5, 0.6) is 5.75 Å². The van der Waals surface area contributed by atoms with Crippen molar-refractivity contribution in [3.63, 3.8) is 0 Å². The summed E-state index contributed by atoms with van der Waals surface area (Å²) in [5.74, 6) is 2.53. The fourth-order valence-electron chi connectivity index (χ4n) is 2.42. The van der Waals surface area contributed by atoms with Gasteiger partial charge in [0.1, 0.15) is 22.5 Å². The zero-order chi connectivity index (χ0) is 17.1. The second-order valence-electron chi connectivity index (χ2n) is 5.41. The first kappa shape index (κ1) is 17.5. The van der Waals surface area contributed by atoms with Crippen molar-refractivity contribution in [1.29, 1.82) is 0 Å². The summed E-state index contributed by atoms with van der Waals surface area (Å²) >= 11 is 1.87. The lowest BCUT2D eigenvalue weighted by molar-refractivity contribution is 0.466.